The molecule has 2 aliphatic rings. The molecule has 1 aromatic heterocycles. The zero-order valence-corrected chi connectivity index (χ0v) is 18.3. The van der Waals surface area contributed by atoms with Gasteiger partial charge < -0.3 is 19.1 Å². The lowest BCUT2D eigenvalue weighted by molar-refractivity contribution is 0.122. The Hall–Kier alpha value is -2.92. The molecule has 11 heteroatoms. The quantitative estimate of drug-likeness (QED) is 0.516. The molecule has 2 aromatic rings. The third-order valence-electron chi connectivity index (χ3n) is 5.15. The molecule has 0 amide bonds. The molecule has 0 aliphatic carbocycles. The van der Waals surface area contributed by atoms with Crippen molar-refractivity contribution in [2.45, 2.75) is 12.2 Å². The molecule has 1 saturated heterocycles. The summed E-state index contributed by atoms with van der Waals surface area (Å²) in [5.74, 6) is 2.32. The fraction of sp³-hybridized carbons (Fsp3) is 0.450. The maximum atomic E-state index is 12.2. The first-order valence-electron chi connectivity index (χ1n) is 9.92. The van der Waals surface area contributed by atoms with Crippen molar-refractivity contribution in [2.75, 3.05) is 56.6 Å². The summed E-state index contributed by atoms with van der Waals surface area (Å²) in [6.07, 6.45) is 1.98. The van der Waals surface area contributed by atoms with E-state index in [0.29, 0.717) is 61.6 Å². The van der Waals surface area contributed by atoms with Gasteiger partial charge in [-0.1, -0.05) is 0 Å². The standard InChI is InChI=1S/C20H25N5O5S/c1-28-15-9-14(10-16(11-15)29-2)12-21-24-20-22-18-3-8-31(26,27)13-17(18)19(23-20)25-4-6-30-7-5-25/h9-12H,3-8,13H2,1-2H3,(H,22,23,24)/b21-12+. The number of hydrogen-bond donors (Lipinski definition) is 1. The number of aromatic nitrogens is 2. The zero-order valence-electron chi connectivity index (χ0n) is 17.5. The highest BCUT2D eigenvalue weighted by Gasteiger charge is 2.29. The van der Waals surface area contributed by atoms with Crippen molar-refractivity contribution in [1.82, 2.24) is 9.97 Å². The second-order valence-corrected chi connectivity index (χ2v) is 9.44. The van der Waals surface area contributed by atoms with Gasteiger partial charge in [0.1, 0.15) is 17.3 Å². The van der Waals surface area contributed by atoms with Crippen LogP contribution in [0.2, 0.25) is 0 Å². The molecule has 0 unspecified atom stereocenters. The summed E-state index contributed by atoms with van der Waals surface area (Å²) < 4.78 is 40.4. The second-order valence-electron chi connectivity index (χ2n) is 7.25. The van der Waals surface area contributed by atoms with Crippen LogP contribution in [0.4, 0.5) is 11.8 Å². The first-order chi connectivity index (χ1) is 15.0. The third kappa shape index (κ3) is 5.05. The predicted octanol–water partition coefficient (Wildman–Crippen LogP) is 1.25. The average Bonchev–Trinajstić information content (AvgIpc) is 2.78. The Balaban J connectivity index is 1.61. The van der Waals surface area contributed by atoms with Gasteiger partial charge in [-0.15, -0.1) is 0 Å². The molecule has 10 nitrogen and oxygen atoms in total. The van der Waals surface area contributed by atoms with E-state index < -0.39 is 9.84 Å². The number of hydrogen-bond acceptors (Lipinski definition) is 10. The molecule has 31 heavy (non-hydrogen) atoms. The minimum atomic E-state index is -3.15. The Morgan fingerprint density at radius 1 is 1.13 bits per heavy atom. The summed E-state index contributed by atoms with van der Waals surface area (Å²) in [6, 6.07) is 5.43. The number of rotatable bonds is 6. The summed E-state index contributed by atoms with van der Waals surface area (Å²) in [4.78, 5) is 11.2. The molecule has 0 saturated carbocycles. The van der Waals surface area contributed by atoms with Crippen molar-refractivity contribution in [3.8, 4) is 11.5 Å². The molecule has 0 spiro atoms. The third-order valence-corrected chi connectivity index (χ3v) is 6.70. The number of nitrogens with zero attached hydrogens (tertiary/aromatic N) is 4. The first-order valence-corrected chi connectivity index (χ1v) is 11.7. The van der Waals surface area contributed by atoms with Gasteiger partial charge >= 0.3 is 0 Å². The average molecular weight is 448 g/mol. The molecule has 1 fully saturated rings. The van der Waals surface area contributed by atoms with Crippen LogP contribution in [0.15, 0.2) is 23.3 Å². The summed E-state index contributed by atoms with van der Waals surface area (Å²) in [5.41, 5.74) is 5.08. The highest BCUT2D eigenvalue weighted by Crippen LogP contribution is 2.29. The van der Waals surface area contributed by atoms with Crippen molar-refractivity contribution in [3.63, 3.8) is 0 Å². The molecule has 1 N–H and O–H groups in total. The zero-order chi connectivity index (χ0) is 21.8. The summed E-state index contributed by atoms with van der Waals surface area (Å²) in [5, 5.41) is 4.25. The van der Waals surface area contributed by atoms with Crippen LogP contribution in [0.3, 0.4) is 0 Å². The van der Waals surface area contributed by atoms with Crippen molar-refractivity contribution in [3.05, 3.63) is 35.0 Å². The maximum absolute atomic E-state index is 12.2. The molecule has 0 radical (unpaired) electrons. The Morgan fingerprint density at radius 2 is 1.84 bits per heavy atom. The molecule has 2 aliphatic heterocycles. The van der Waals surface area contributed by atoms with Gasteiger partial charge in [0.15, 0.2) is 9.84 Å². The van der Waals surface area contributed by atoms with E-state index in [1.165, 1.54) is 0 Å². The number of sulfone groups is 1. The number of benzene rings is 1. The van der Waals surface area contributed by atoms with Crippen LogP contribution in [0.5, 0.6) is 11.5 Å². The summed E-state index contributed by atoms with van der Waals surface area (Å²) in [6.45, 7) is 2.44. The fourth-order valence-corrected chi connectivity index (χ4v) is 4.96. The van der Waals surface area contributed by atoms with Crippen molar-refractivity contribution < 1.29 is 22.6 Å². The van der Waals surface area contributed by atoms with Gasteiger partial charge in [0, 0.05) is 36.7 Å². The number of fused-ring (bicyclic) bond motifs is 1. The van der Waals surface area contributed by atoms with Gasteiger partial charge in [-0.2, -0.15) is 10.1 Å². The number of anilines is 2. The van der Waals surface area contributed by atoms with Crippen LogP contribution >= 0.6 is 0 Å². The SMILES string of the molecule is COc1cc(/C=N/Nc2nc3c(c(N4CCOCC4)n2)CS(=O)(=O)CC3)cc(OC)c1. The minimum absolute atomic E-state index is 0.0395. The number of nitrogens with one attached hydrogen (secondary N) is 1. The van der Waals surface area contributed by atoms with Crippen molar-refractivity contribution in [2.24, 2.45) is 5.10 Å². The lowest BCUT2D eigenvalue weighted by Gasteiger charge is -2.31. The van der Waals surface area contributed by atoms with Crippen LogP contribution in [-0.2, 0) is 26.7 Å². The molecule has 4 rings (SSSR count). The van der Waals surface area contributed by atoms with E-state index >= 15 is 0 Å². The normalized spacial score (nSPS) is 17.9. The van der Waals surface area contributed by atoms with E-state index in [-0.39, 0.29) is 11.5 Å². The lowest BCUT2D eigenvalue weighted by atomic mass is 10.1. The van der Waals surface area contributed by atoms with Crippen LogP contribution in [0, 0.1) is 0 Å². The van der Waals surface area contributed by atoms with Gasteiger partial charge in [-0.05, 0) is 12.1 Å². The molecule has 0 bridgehead atoms. The second kappa shape index (κ2) is 9.06. The first kappa shape index (κ1) is 21.3. The van der Waals surface area contributed by atoms with Gasteiger partial charge in [0.25, 0.3) is 0 Å². The van der Waals surface area contributed by atoms with Gasteiger partial charge in [-0.3, -0.25) is 0 Å². The molecular formula is C20H25N5O5S. The number of ether oxygens (including phenoxy) is 3. The van der Waals surface area contributed by atoms with Crippen LogP contribution < -0.4 is 19.8 Å². The smallest absolute Gasteiger partial charge is 0.245 e. The largest absolute Gasteiger partial charge is 0.497 e. The number of methoxy groups -OCH3 is 2. The molecule has 1 aromatic carbocycles. The number of morpholine rings is 1. The molecule has 3 heterocycles. The van der Waals surface area contributed by atoms with Crippen molar-refractivity contribution in [1.29, 1.82) is 0 Å². The summed E-state index contributed by atoms with van der Waals surface area (Å²) in [7, 11) is 0.0231. The van der Waals surface area contributed by atoms with Gasteiger partial charge in [-0.25, -0.2) is 18.8 Å². The summed E-state index contributed by atoms with van der Waals surface area (Å²) >= 11 is 0. The van der Waals surface area contributed by atoms with Gasteiger partial charge in [0.05, 0.1) is 50.8 Å². The highest BCUT2D eigenvalue weighted by molar-refractivity contribution is 7.90. The predicted molar refractivity (Wildman–Crippen MR) is 117 cm³/mol. The molecule has 166 valence electrons. The Morgan fingerprint density at radius 3 is 2.52 bits per heavy atom. The Kier molecular flexibility index (Phi) is 6.23. The van der Waals surface area contributed by atoms with E-state index in [0.717, 1.165) is 11.3 Å². The molecular weight excluding hydrogens is 422 g/mol. The van der Waals surface area contributed by atoms with Crippen LogP contribution in [-0.4, -0.2) is 70.9 Å². The topological polar surface area (TPSA) is 115 Å². The monoisotopic (exact) mass is 447 g/mol. The molecule has 0 atom stereocenters. The fourth-order valence-electron chi connectivity index (χ4n) is 3.57. The highest BCUT2D eigenvalue weighted by atomic mass is 32.2. The Bertz CT molecular complexity index is 1060. The van der Waals surface area contributed by atoms with E-state index in [1.54, 1.807) is 26.5 Å². The van der Waals surface area contributed by atoms with E-state index in [9.17, 15) is 8.42 Å². The number of aryl methyl sites for hydroxylation is 1. The number of hydrazone groups is 1. The Labute approximate surface area is 181 Å². The van der Waals surface area contributed by atoms with E-state index in [2.05, 4.69) is 20.5 Å². The van der Waals surface area contributed by atoms with Crippen molar-refractivity contribution >= 4 is 27.8 Å². The van der Waals surface area contributed by atoms with Gasteiger partial charge in [0.2, 0.25) is 5.95 Å². The minimum Gasteiger partial charge on any atom is -0.497 e. The maximum Gasteiger partial charge on any atom is 0.245 e. The lowest BCUT2D eigenvalue weighted by Crippen LogP contribution is -2.38. The van der Waals surface area contributed by atoms with E-state index in [4.69, 9.17) is 14.2 Å². The van der Waals surface area contributed by atoms with Crippen LogP contribution in [0.1, 0.15) is 16.8 Å². The van der Waals surface area contributed by atoms with Crippen LogP contribution in [0.25, 0.3) is 0 Å². The van der Waals surface area contributed by atoms with E-state index in [1.807, 2.05) is 17.0 Å².